The van der Waals surface area contributed by atoms with Crippen LogP contribution < -0.4 is 5.32 Å². The third kappa shape index (κ3) is 38.2. The van der Waals surface area contributed by atoms with E-state index in [1.165, 1.54) is 128 Å². The number of rotatable bonds is 49. The van der Waals surface area contributed by atoms with Gasteiger partial charge in [-0.2, -0.15) is 0 Å². The van der Waals surface area contributed by atoms with Crippen molar-refractivity contribution < 1.29 is 49.3 Å². The first-order valence-electron chi connectivity index (χ1n) is 28.8. The first-order valence-corrected chi connectivity index (χ1v) is 28.8. The summed E-state index contributed by atoms with van der Waals surface area (Å²) in [4.78, 5) is 25.1. The van der Waals surface area contributed by atoms with Gasteiger partial charge in [0.05, 0.1) is 32.0 Å². The Bertz CT molecular complexity index is 1240. The van der Waals surface area contributed by atoms with Crippen LogP contribution in [0.1, 0.15) is 258 Å². The number of ether oxygens (including phenoxy) is 3. The molecule has 0 aromatic rings. The summed E-state index contributed by atoms with van der Waals surface area (Å²) in [6.45, 7) is 4.24. The third-order valence-electron chi connectivity index (χ3n) is 13.5. The van der Waals surface area contributed by atoms with Crippen molar-refractivity contribution in [2.75, 3.05) is 19.8 Å². The van der Waals surface area contributed by atoms with E-state index in [-0.39, 0.29) is 18.5 Å². The molecule has 69 heavy (non-hydrogen) atoms. The largest absolute Gasteiger partial charge is 0.466 e. The van der Waals surface area contributed by atoms with Crippen LogP contribution >= 0.6 is 0 Å². The predicted octanol–water partition coefficient (Wildman–Crippen LogP) is 12.7. The second kappa shape index (κ2) is 48.2. The average molecular weight is 978 g/mol. The van der Waals surface area contributed by atoms with Crippen molar-refractivity contribution in [1.29, 1.82) is 0 Å². The molecule has 1 amide bonds. The van der Waals surface area contributed by atoms with Gasteiger partial charge >= 0.3 is 5.97 Å². The Hall–Kier alpha value is -2.12. The molecule has 1 rings (SSSR count). The molecule has 0 bridgehead atoms. The third-order valence-corrected chi connectivity index (χ3v) is 13.5. The number of hydrogen-bond acceptors (Lipinski definition) is 10. The molecule has 404 valence electrons. The average Bonchev–Trinajstić information content (AvgIpc) is 3.34. The normalized spacial score (nSPS) is 19.6. The Labute approximate surface area is 422 Å². The summed E-state index contributed by atoms with van der Waals surface area (Å²) in [6, 6.07) is -0.825. The van der Waals surface area contributed by atoms with Crippen LogP contribution in [0.4, 0.5) is 0 Å². The van der Waals surface area contributed by atoms with Crippen LogP contribution in [0.5, 0.6) is 0 Å². The van der Waals surface area contributed by atoms with Crippen molar-refractivity contribution in [3.8, 4) is 0 Å². The molecule has 1 heterocycles. The van der Waals surface area contributed by atoms with E-state index in [0.29, 0.717) is 19.4 Å². The van der Waals surface area contributed by atoms with Crippen LogP contribution in [0.25, 0.3) is 0 Å². The second-order valence-electron chi connectivity index (χ2n) is 20.0. The lowest BCUT2D eigenvalue weighted by Gasteiger charge is -2.40. The second-order valence-corrected chi connectivity index (χ2v) is 20.0. The molecule has 0 aromatic heterocycles. The smallest absolute Gasteiger partial charge is 0.305 e. The highest BCUT2D eigenvalue weighted by Gasteiger charge is 2.44. The summed E-state index contributed by atoms with van der Waals surface area (Å²) in [7, 11) is 0. The van der Waals surface area contributed by atoms with E-state index >= 15 is 0 Å². The van der Waals surface area contributed by atoms with Crippen LogP contribution in [0, 0.1) is 0 Å². The summed E-state index contributed by atoms with van der Waals surface area (Å²) >= 11 is 0. The maximum Gasteiger partial charge on any atom is 0.305 e. The number of unbranched alkanes of at least 4 members (excludes halogenated alkanes) is 32. The van der Waals surface area contributed by atoms with Crippen molar-refractivity contribution in [3.63, 3.8) is 0 Å². The number of hydrogen-bond donors (Lipinski definition) is 6. The van der Waals surface area contributed by atoms with Gasteiger partial charge in [-0.15, -0.1) is 0 Å². The van der Waals surface area contributed by atoms with Gasteiger partial charge in [0.25, 0.3) is 0 Å². The van der Waals surface area contributed by atoms with Crippen molar-refractivity contribution in [2.45, 2.75) is 301 Å². The number of aliphatic hydroxyl groups excluding tert-OH is 5. The van der Waals surface area contributed by atoms with Gasteiger partial charge in [-0.25, -0.2) is 0 Å². The molecule has 11 nitrogen and oxygen atoms in total. The number of carbonyl (C=O) groups excluding carboxylic acids is 2. The zero-order valence-electron chi connectivity index (χ0n) is 44.3. The van der Waals surface area contributed by atoms with E-state index in [0.717, 1.165) is 103 Å². The van der Waals surface area contributed by atoms with Crippen molar-refractivity contribution in [3.05, 3.63) is 36.5 Å². The topological polar surface area (TPSA) is 175 Å². The number of carbonyl (C=O) groups is 2. The maximum absolute atomic E-state index is 13.0. The first kappa shape index (κ1) is 64.9. The summed E-state index contributed by atoms with van der Waals surface area (Å²) in [5, 5.41) is 54.1. The molecule has 1 fully saturated rings. The summed E-state index contributed by atoms with van der Waals surface area (Å²) in [6.07, 6.45) is 48.2. The molecule has 0 aliphatic carbocycles. The molecule has 1 aliphatic heterocycles. The molecule has 6 N–H and O–H groups in total. The molecule has 0 radical (unpaired) electrons. The van der Waals surface area contributed by atoms with Crippen molar-refractivity contribution in [1.82, 2.24) is 5.32 Å². The lowest BCUT2D eigenvalue weighted by molar-refractivity contribution is -0.302. The van der Waals surface area contributed by atoms with E-state index in [1.807, 2.05) is 6.08 Å². The Kier molecular flexibility index (Phi) is 45.3. The standard InChI is InChI=1S/C58H107NO10/c1-3-5-7-9-11-13-14-15-16-17-20-23-26-30-34-38-42-46-54(63)67-47-43-39-35-31-27-24-21-18-19-22-25-29-33-37-41-45-53(62)59-50(51(61)44-40-36-32-28-12-10-8-6-4-2)49-68-58-57(66)56(65)55(64)52(48-60)69-58/h18,21,24,27,40,44,50-52,55-58,60-61,64-66H,3-17,19-20,22-23,25-26,28-39,41-43,45-49H2,1-2H3,(H,59,62)/b21-18-,27-24-,44-40+. The minimum atomic E-state index is -1.58. The van der Waals surface area contributed by atoms with Gasteiger partial charge in [-0.1, -0.05) is 217 Å². The Morgan fingerprint density at radius 2 is 0.957 bits per heavy atom. The van der Waals surface area contributed by atoms with Gasteiger partial charge in [0.2, 0.25) is 5.91 Å². The van der Waals surface area contributed by atoms with Gasteiger partial charge in [0.1, 0.15) is 24.4 Å². The van der Waals surface area contributed by atoms with E-state index in [2.05, 4.69) is 43.5 Å². The van der Waals surface area contributed by atoms with E-state index in [9.17, 15) is 35.1 Å². The molecule has 0 saturated carbocycles. The van der Waals surface area contributed by atoms with E-state index in [4.69, 9.17) is 14.2 Å². The lowest BCUT2D eigenvalue weighted by Crippen LogP contribution is -2.60. The lowest BCUT2D eigenvalue weighted by atomic mass is 9.99. The summed E-state index contributed by atoms with van der Waals surface area (Å²) < 4.78 is 16.6. The monoisotopic (exact) mass is 978 g/mol. The van der Waals surface area contributed by atoms with E-state index in [1.54, 1.807) is 6.08 Å². The fourth-order valence-electron chi connectivity index (χ4n) is 8.90. The van der Waals surface area contributed by atoms with Crippen LogP contribution in [-0.2, 0) is 23.8 Å². The molecular weight excluding hydrogens is 871 g/mol. The van der Waals surface area contributed by atoms with Gasteiger partial charge < -0.3 is 45.1 Å². The van der Waals surface area contributed by atoms with Crippen molar-refractivity contribution in [2.24, 2.45) is 0 Å². The number of aliphatic hydroxyl groups is 5. The molecule has 7 atom stereocenters. The number of allylic oxidation sites excluding steroid dienone is 5. The highest BCUT2D eigenvalue weighted by molar-refractivity contribution is 5.76. The van der Waals surface area contributed by atoms with Crippen LogP contribution in [-0.4, -0.2) is 100 Å². The molecule has 0 aromatic carbocycles. The van der Waals surface area contributed by atoms with Gasteiger partial charge in [-0.05, 0) is 64.2 Å². The molecular formula is C58H107NO10. The minimum absolute atomic E-state index is 0.0375. The fourth-order valence-corrected chi connectivity index (χ4v) is 8.90. The maximum atomic E-state index is 13.0. The Morgan fingerprint density at radius 3 is 1.43 bits per heavy atom. The number of nitrogens with one attached hydrogen (secondary N) is 1. The highest BCUT2D eigenvalue weighted by atomic mass is 16.7. The summed E-state index contributed by atoms with van der Waals surface area (Å²) in [5.74, 6) is -0.244. The predicted molar refractivity (Wildman–Crippen MR) is 283 cm³/mol. The Morgan fingerprint density at radius 1 is 0.536 bits per heavy atom. The summed E-state index contributed by atoms with van der Waals surface area (Å²) in [5.41, 5.74) is 0. The minimum Gasteiger partial charge on any atom is -0.466 e. The zero-order valence-corrected chi connectivity index (χ0v) is 44.3. The van der Waals surface area contributed by atoms with Crippen LogP contribution in [0.15, 0.2) is 36.5 Å². The number of esters is 1. The zero-order chi connectivity index (χ0) is 50.3. The molecule has 11 heteroatoms. The van der Waals surface area contributed by atoms with Crippen LogP contribution in [0.3, 0.4) is 0 Å². The molecule has 1 aliphatic rings. The molecule has 7 unspecified atom stereocenters. The SMILES string of the molecule is CCCCCCCCC/C=C/C(O)C(COC1OC(CO)C(O)C(O)C1O)NC(=O)CCCCCCCC/C=C\C=C/CCCCCOC(=O)CCCCCCCCCCCCCCCCCCC. The van der Waals surface area contributed by atoms with Gasteiger partial charge in [0, 0.05) is 12.8 Å². The highest BCUT2D eigenvalue weighted by Crippen LogP contribution is 2.23. The van der Waals surface area contributed by atoms with Gasteiger partial charge in [-0.3, -0.25) is 9.59 Å². The molecule has 1 saturated heterocycles. The van der Waals surface area contributed by atoms with Crippen molar-refractivity contribution >= 4 is 11.9 Å². The Balaban J connectivity index is 2.09. The number of amides is 1. The fraction of sp³-hybridized carbons (Fsp3) is 0.862. The van der Waals surface area contributed by atoms with E-state index < -0.39 is 49.5 Å². The van der Waals surface area contributed by atoms with Crippen LogP contribution in [0.2, 0.25) is 0 Å². The molecule has 0 spiro atoms. The van der Waals surface area contributed by atoms with Gasteiger partial charge in [0.15, 0.2) is 6.29 Å². The first-order chi connectivity index (χ1) is 33.7. The quantitative estimate of drug-likeness (QED) is 0.0149.